The molecule has 0 saturated carbocycles. The van der Waals surface area contributed by atoms with Crippen LogP contribution in [0, 0.1) is 0 Å². The second-order valence-corrected chi connectivity index (χ2v) is 6.35. The highest BCUT2D eigenvalue weighted by Crippen LogP contribution is 2.23. The van der Waals surface area contributed by atoms with Crippen molar-refractivity contribution < 1.29 is 4.79 Å². The summed E-state index contributed by atoms with van der Waals surface area (Å²) in [4.78, 5) is 15.0. The predicted octanol–water partition coefficient (Wildman–Crippen LogP) is 4.90. The molecule has 2 aromatic rings. The molecule has 1 aromatic heterocycles. The van der Waals surface area contributed by atoms with Crippen molar-refractivity contribution in [2.24, 2.45) is 0 Å². The van der Waals surface area contributed by atoms with Crippen LogP contribution in [-0.4, -0.2) is 28.5 Å². The SMILES string of the molecule is CCCCN(CCCC)C(=O)CC(c1ccccc1)n1cccc1. The second kappa shape index (κ2) is 9.96. The largest absolute Gasteiger partial charge is 0.346 e. The van der Waals surface area contributed by atoms with E-state index in [1.54, 1.807) is 0 Å². The van der Waals surface area contributed by atoms with Crippen LogP contribution in [-0.2, 0) is 4.79 Å². The molecular weight excluding hydrogens is 296 g/mol. The third-order valence-corrected chi connectivity index (χ3v) is 4.46. The molecule has 0 N–H and O–H groups in total. The summed E-state index contributed by atoms with van der Waals surface area (Å²) in [6.45, 7) is 6.11. The maximum absolute atomic E-state index is 12.9. The van der Waals surface area contributed by atoms with Gasteiger partial charge in [0, 0.05) is 25.5 Å². The topological polar surface area (TPSA) is 25.2 Å². The Balaban J connectivity index is 2.13. The summed E-state index contributed by atoms with van der Waals surface area (Å²) in [6, 6.07) is 14.4. The first-order chi connectivity index (χ1) is 11.8. The van der Waals surface area contributed by atoms with Crippen molar-refractivity contribution in [1.82, 2.24) is 9.47 Å². The van der Waals surface area contributed by atoms with Crippen LogP contribution in [0.3, 0.4) is 0 Å². The van der Waals surface area contributed by atoms with E-state index in [1.807, 2.05) is 42.7 Å². The quantitative estimate of drug-likeness (QED) is 0.610. The minimum absolute atomic E-state index is 0.0689. The standard InChI is InChI=1S/C21H30N2O/c1-3-5-14-23(15-6-4-2)21(24)18-20(22-16-10-11-17-22)19-12-8-7-9-13-19/h7-13,16-17,20H,3-6,14-15,18H2,1-2H3. The van der Waals surface area contributed by atoms with Crippen molar-refractivity contribution in [2.45, 2.75) is 52.0 Å². The van der Waals surface area contributed by atoms with Gasteiger partial charge in [0.25, 0.3) is 0 Å². The van der Waals surface area contributed by atoms with Crippen molar-refractivity contribution in [3.63, 3.8) is 0 Å². The number of benzene rings is 1. The lowest BCUT2D eigenvalue weighted by atomic mass is 10.0. The molecule has 0 saturated heterocycles. The van der Waals surface area contributed by atoms with Crippen molar-refractivity contribution in [1.29, 1.82) is 0 Å². The number of nitrogens with zero attached hydrogens (tertiary/aromatic N) is 2. The van der Waals surface area contributed by atoms with Crippen molar-refractivity contribution >= 4 is 5.91 Å². The molecule has 0 radical (unpaired) electrons. The van der Waals surface area contributed by atoms with Gasteiger partial charge in [-0.1, -0.05) is 57.0 Å². The lowest BCUT2D eigenvalue weighted by Gasteiger charge is -2.26. The van der Waals surface area contributed by atoms with Crippen molar-refractivity contribution in [3.05, 3.63) is 60.4 Å². The van der Waals surface area contributed by atoms with E-state index in [2.05, 4.69) is 35.4 Å². The fraction of sp³-hybridized carbons (Fsp3) is 0.476. The third kappa shape index (κ3) is 5.26. The third-order valence-electron chi connectivity index (χ3n) is 4.46. The first kappa shape index (κ1) is 18.3. The molecule has 0 aliphatic rings. The molecule has 2 rings (SSSR count). The van der Waals surface area contributed by atoms with Crippen molar-refractivity contribution in [3.8, 4) is 0 Å². The number of aromatic nitrogens is 1. The van der Waals surface area contributed by atoms with E-state index in [0.29, 0.717) is 6.42 Å². The first-order valence-electron chi connectivity index (χ1n) is 9.21. The smallest absolute Gasteiger partial charge is 0.225 e. The summed E-state index contributed by atoms with van der Waals surface area (Å²) in [5.41, 5.74) is 1.19. The molecule has 0 aliphatic heterocycles. The van der Waals surface area contributed by atoms with Gasteiger partial charge in [0.05, 0.1) is 12.5 Å². The van der Waals surface area contributed by atoms with Crippen LogP contribution in [0.25, 0.3) is 0 Å². The normalized spacial score (nSPS) is 12.1. The van der Waals surface area contributed by atoms with Crippen LogP contribution in [0.1, 0.15) is 57.6 Å². The zero-order valence-corrected chi connectivity index (χ0v) is 15.0. The fourth-order valence-electron chi connectivity index (χ4n) is 2.98. The second-order valence-electron chi connectivity index (χ2n) is 6.35. The Kier molecular flexibility index (Phi) is 7.60. The van der Waals surface area contributed by atoms with Crippen LogP contribution in [0.4, 0.5) is 0 Å². The molecule has 3 heteroatoms. The van der Waals surface area contributed by atoms with Gasteiger partial charge in [-0.3, -0.25) is 4.79 Å². The summed E-state index contributed by atoms with van der Waals surface area (Å²) in [5, 5.41) is 0. The highest BCUT2D eigenvalue weighted by molar-refractivity contribution is 5.77. The summed E-state index contributed by atoms with van der Waals surface area (Å²) < 4.78 is 2.14. The van der Waals surface area contributed by atoms with E-state index in [4.69, 9.17) is 0 Å². The minimum atomic E-state index is 0.0689. The predicted molar refractivity (Wildman–Crippen MR) is 100 cm³/mol. The van der Waals surface area contributed by atoms with Gasteiger partial charge >= 0.3 is 0 Å². The van der Waals surface area contributed by atoms with Crippen molar-refractivity contribution in [2.75, 3.05) is 13.1 Å². The molecule has 1 aromatic carbocycles. The van der Waals surface area contributed by atoms with Gasteiger partial charge in [-0.05, 0) is 30.5 Å². The number of carbonyl (C=O) groups excluding carboxylic acids is 1. The number of rotatable bonds is 10. The molecule has 1 unspecified atom stereocenters. The Morgan fingerprint density at radius 2 is 1.54 bits per heavy atom. The fourth-order valence-corrected chi connectivity index (χ4v) is 2.98. The number of carbonyl (C=O) groups is 1. The molecule has 0 aliphatic carbocycles. The highest BCUT2D eigenvalue weighted by Gasteiger charge is 2.21. The van der Waals surface area contributed by atoms with Crippen LogP contribution >= 0.6 is 0 Å². The van der Waals surface area contributed by atoms with Gasteiger partial charge in [-0.15, -0.1) is 0 Å². The zero-order valence-electron chi connectivity index (χ0n) is 15.0. The van der Waals surface area contributed by atoms with Crippen LogP contribution < -0.4 is 0 Å². The first-order valence-corrected chi connectivity index (χ1v) is 9.21. The summed E-state index contributed by atoms with van der Waals surface area (Å²) in [7, 11) is 0. The minimum Gasteiger partial charge on any atom is -0.346 e. The Morgan fingerprint density at radius 1 is 0.958 bits per heavy atom. The summed E-state index contributed by atoms with van der Waals surface area (Å²) in [6.07, 6.45) is 9.02. The van der Waals surface area contributed by atoms with Gasteiger partial charge < -0.3 is 9.47 Å². The monoisotopic (exact) mass is 326 g/mol. The molecule has 1 atom stereocenters. The van der Waals surface area contributed by atoms with Gasteiger partial charge in [0.1, 0.15) is 0 Å². The van der Waals surface area contributed by atoms with Crippen LogP contribution in [0.5, 0.6) is 0 Å². The molecule has 3 nitrogen and oxygen atoms in total. The van der Waals surface area contributed by atoms with E-state index in [9.17, 15) is 4.79 Å². The van der Waals surface area contributed by atoms with Crippen LogP contribution in [0.15, 0.2) is 54.9 Å². The van der Waals surface area contributed by atoms with E-state index in [-0.39, 0.29) is 11.9 Å². The zero-order chi connectivity index (χ0) is 17.2. The van der Waals surface area contributed by atoms with Gasteiger partial charge in [0.2, 0.25) is 5.91 Å². The molecule has 24 heavy (non-hydrogen) atoms. The maximum atomic E-state index is 12.9. The number of hydrogen-bond acceptors (Lipinski definition) is 1. The number of unbranched alkanes of at least 4 members (excludes halogenated alkanes) is 2. The summed E-state index contributed by atoms with van der Waals surface area (Å²) in [5.74, 6) is 0.263. The average molecular weight is 326 g/mol. The average Bonchev–Trinajstić information content (AvgIpc) is 3.14. The number of hydrogen-bond donors (Lipinski definition) is 0. The van der Waals surface area contributed by atoms with E-state index in [0.717, 1.165) is 38.8 Å². The lowest BCUT2D eigenvalue weighted by Crippen LogP contribution is -2.34. The Bertz CT molecular complexity index is 569. The molecule has 0 fully saturated rings. The molecule has 130 valence electrons. The molecule has 1 heterocycles. The van der Waals surface area contributed by atoms with E-state index >= 15 is 0 Å². The Hall–Kier alpha value is -2.03. The molecule has 0 bridgehead atoms. The Morgan fingerprint density at radius 3 is 2.08 bits per heavy atom. The highest BCUT2D eigenvalue weighted by atomic mass is 16.2. The molecular formula is C21H30N2O. The van der Waals surface area contributed by atoms with Crippen LogP contribution in [0.2, 0.25) is 0 Å². The molecule has 0 spiro atoms. The Labute approximate surface area is 146 Å². The summed E-state index contributed by atoms with van der Waals surface area (Å²) >= 11 is 0. The van der Waals surface area contributed by atoms with Gasteiger partial charge in [-0.2, -0.15) is 0 Å². The van der Waals surface area contributed by atoms with E-state index in [1.165, 1.54) is 5.56 Å². The van der Waals surface area contributed by atoms with Gasteiger partial charge in [0.15, 0.2) is 0 Å². The van der Waals surface area contributed by atoms with Gasteiger partial charge in [-0.25, -0.2) is 0 Å². The maximum Gasteiger partial charge on any atom is 0.225 e. The lowest BCUT2D eigenvalue weighted by molar-refractivity contribution is -0.132. The van der Waals surface area contributed by atoms with E-state index < -0.39 is 0 Å². The number of amides is 1. The molecule has 1 amide bonds.